The minimum absolute atomic E-state index is 0.0579. The van der Waals surface area contributed by atoms with Crippen molar-refractivity contribution in [3.05, 3.63) is 41.5 Å². The molecule has 0 fully saturated rings. The zero-order valence-corrected chi connectivity index (χ0v) is 11.4. The topological polar surface area (TPSA) is 69.6 Å². The van der Waals surface area contributed by atoms with E-state index in [1.54, 1.807) is 4.90 Å². The van der Waals surface area contributed by atoms with Crippen LogP contribution in [0.1, 0.15) is 17.5 Å². The molecule has 0 aliphatic carbocycles. The fourth-order valence-corrected chi connectivity index (χ4v) is 2.23. The first-order valence-electron chi connectivity index (χ1n) is 6.57. The number of hydrogen-bond donors (Lipinski definition) is 2. The van der Waals surface area contributed by atoms with Gasteiger partial charge >= 0.3 is 12.0 Å². The van der Waals surface area contributed by atoms with Crippen LogP contribution in [0.3, 0.4) is 0 Å². The quantitative estimate of drug-likeness (QED) is 0.880. The van der Waals surface area contributed by atoms with Crippen molar-refractivity contribution in [3.8, 4) is 0 Å². The summed E-state index contributed by atoms with van der Waals surface area (Å²) in [6.45, 7) is 3.32. The number of aryl methyl sites for hydroxylation is 1. The summed E-state index contributed by atoms with van der Waals surface area (Å²) in [5.41, 5.74) is 3.48. The van der Waals surface area contributed by atoms with E-state index in [9.17, 15) is 9.59 Å². The fraction of sp³-hybridized carbons (Fsp3) is 0.333. The Bertz CT molecular complexity index is 552. The van der Waals surface area contributed by atoms with E-state index in [0.29, 0.717) is 13.1 Å². The second-order valence-electron chi connectivity index (χ2n) is 4.80. The maximum Gasteiger partial charge on any atom is 0.317 e. The number of amides is 2. The van der Waals surface area contributed by atoms with E-state index < -0.39 is 5.97 Å². The van der Waals surface area contributed by atoms with Crippen molar-refractivity contribution < 1.29 is 14.7 Å². The van der Waals surface area contributed by atoms with Crippen LogP contribution in [0.4, 0.5) is 4.79 Å². The lowest BCUT2D eigenvalue weighted by Crippen LogP contribution is -2.39. The van der Waals surface area contributed by atoms with Crippen molar-refractivity contribution in [1.29, 1.82) is 0 Å². The lowest BCUT2D eigenvalue weighted by atomic mass is 10.0. The van der Waals surface area contributed by atoms with Crippen LogP contribution in [-0.2, 0) is 4.79 Å². The van der Waals surface area contributed by atoms with Gasteiger partial charge in [0.05, 0.1) is 6.42 Å². The number of carboxylic acids is 1. The minimum atomic E-state index is -0.912. The van der Waals surface area contributed by atoms with Crippen LogP contribution in [0.15, 0.2) is 30.3 Å². The Morgan fingerprint density at radius 2 is 2.10 bits per heavy atom. The molecule has 0 bridgehead atoms. The summed E-state index contributed by atoms with van der Waals surface area (Å²) >= 11 is 0. The van der Waals surface area contributed by atoms with Gasteiger partial charge in [0.25, 0.3) is 0 Å². The molecule has 2 rings (SSSR count). The molecule has 5 heteroatoms. The van der Waals surface area contributed by atoms with E-state index in [1.165, 1.54) is 5.56 Å². The molecule has 106 valence electrons. The summed E-state index contributed by atoms with van der Waals surface area (Å²) in [4.78, 5) is 23.9. The highest BCUT2D eigenvalue weighted by atomic mass is 16.4. The maximum atomic E-state index is 11.9. The van der Waals surface area contributed by atoms with Gasteiger partial charge in [-0.15, -0.1) is 0 Å². The number of carboxylic acid groups (broad SMARTS) is 1. The van der Waals surface area contributed by atoms with Crippen molar-refractivity contribution in [2.75, 3.05) is 19.6 Å². The molecule has 0 saturated heterocycles. The standard InChI is InChI=1S/C15H18N2O3/c1-11-4-2-3-5-13(11)12-7-9-17(10-12)15(20)16-8-6-14(18)19/h2-5,7H,6,8-10H2,1H3,(H,16,20)(H,18,19). The Hall–Kier alpha value is -2.30. The first-order chi connectivity index (χ1) is 9.58. The summed E-state index contributed by atoms with van der Waals surface area (Å²) in [7, 11) is 0. The van der Waals surface area contributed by atoms with E-state index in [0.717, 1.165) is 11.1 Å². The van der Waals surface area contributed by atoms with Gasteiger partial charge in [-0.05, 0) is 23.6 Å². The molecule has 20 heavy (non-hydrogen) atoms. The van der Waals surface area contributed by atoms with Crippen LogP contribution >= 0.6 is 0 Å². The van der Waals surface area contributed by atoms with E-state index >= 15 is 0 Å². The predicted octanol–water partition coefficient (Wildman–Crippen LogP) is 1.88. The number of carbonyl (C=O) groups excluding carboxylic acids is 1. The molecule has 2 amide bonds. The third-order valence-electron chi connectivity index (χ3n) is 3.31. The van der Waals surface area contributed by atoms with Crippen LogP contribution < -0.4 is 5.32 Å². The molecule has 1 aromatic rings. The van der Waals surface area contributed by atoms with Gasteiger partial charge in [0.2, 0.25) is 0 Å². The molecule has 0 aromatic heterocycles. The van der Waals surface area contributed by atoms with Crippen LogP contribution in [-0.4, -0.2) is 41.6 Å². The maximum absolute atomic E-state index is 11.9. The van der Waals surface area contributed by atoms with Crippen molar-refractivity contribution in [1.82, 2.24) is 10.2 Å². The number of benzene rings is 1. The molecule has 1 heterocycles. The smallest absolute Gasteiger partial charge is 0.317 e. The summed E-state index contributed by atoms with van der Waals surface area (Å²) in [5.74, 6) is -0.912. The molecule has 0 unspecified atom stereocenters. The molecule has 0 spiro atoms. The van der Waals surface area contributed by atoms with Crippen molar-refractivity contribution in [3.63, 3.8) is 0 Å². The van der Waals surface area contributed by atoms with Gasteiger partial charge in [-0.1, -0.05) is 30.3 Å². The second kappa shape index (κ2) is 6.23. The normalized spacial score (nSPS) is 14.1. The molecule has 5 nitrogen and oxygen atoms in total. The minimum Gasteiger partial charge on any atom is -0.481 e. The average Bonchev–Trinajstić information content (AvgIpc) is 2.88. The van der Waals surface area contributed by atoms with Crippen LogP contribution in [0.2, 0.25) is 0 Å². The fourth-order valence-electron chi connectivity index (χ4n) is 2.23. The lowest BCUT2D eigenvalue weighted by molar-refractivity contribution is -0.136. The Labute approximate surface area is 117 Å². The molecular weight excluding hydrogens is 256 g/mol. The Balaban J connectivity index is 1.90. The van der Waals surface area contributed by atoms with Gasteiger partial charge in [0.1, 0.15) is 0 Å². The number of carbonyl (C=O) groups is 2. The van der Waals surface area contributed by atoms with Gasteiger partial charge in [-0.2, -0.15) is 0 Å². The number of rotatable bonds is 4. The van der Waals surface area contributed by atoms with E-state index in [-0.39, 0.29) is 19.0 Å². The Morgan fingerprint density at radius 3 is 2.80 bits per heavy atom. The van der Waals surface area contributed by atoms with Gasteiger partial charge in [-0.3, -0.25) is 4.79 Å². The first-order valence-corrected chi connectivity index (χ1v) is 6.57. The summed E-state index contributed by atoms with van der Waals surface area (Å²) < 4.78 is 0. The lowest BCUT2D eigenvalue weighted by Gasteiger charge is -2.17. The predicted molar refractivity (Wildman–Crippen MR) is 76.4 cm³/mol. The highest BCUT2D eigenvalue weighted by Crippen LogP contribution is 2.23. The number of aliphatic carboxylic acids is 1. The largest absolute Gasteiger partial charge is 0.481 e. The number of hydrogen-bond acceptors (Lipinski definition) is 2. The summed E-state index contributed by atoms with van der Waals surface area (Å²) in [6.07, 6.45) is 1.98. The third kappa shape index (κ3) is 3.38. The molecule has 1 aliphatic heterocycles. The highest BCUT2D eigenvalue weighted by Gasteiger charge is 2.20. The summed E-state index contributed by atoms with van der Waals surface area (Å²) in [6, 6.07) is 7.86. The Morgan fingerprint density at radius 1 is 1.35 bits per heavy atom. The number of urea groups is 1. The second-order valence-corrected chi connectivity index (χ2v) is 4.80. The zero-order chi connectivity index (χ0) is 14.5. The molecule has 2 N–H and O–H groups in total. The third-order valence-corrected chi connectivity index (χ3v) is 3.31. The van der Waals surface area contributed by atoms with E-state index in [4.69, 9.17) is 5.11 Å². The number of nitrogens with zero attached hydrogens (tertiary/aromatic N) is 1. The van der Waals surface area contributed by atoms with E-state index in [2.05, 4.69) is 5.32 Å². The van der Waals surface area contributed by atoms with Gasteiger partial charge in [-0.25, -0.2) is 4.79 Å². The molecule has 0 saturated carbocycles. The van der Waals surface area contributed by atoms with Gasteiger partial charge in [0, 0.05) is 19.6 Å². The van der Waals surface area contributed by atoms with Crippen LogP contribution in [0, 0.1) is 6.92 Å². The zero-order valence-electron chi connectivity index (χ0n) is 11.4. The van der Waals surface area contributed by atoms with Gasteiger partial charge < -0.3 is 15.3 Å². The Kier molecular flexibility index (Phi) is 4.40. The van der Waals surface area contributed by atoms with Crippen LogP contribution in [0.5, 0.6) is 0 Å². The first kappa shape index (κ1) is 14.1. The SMILES string of the molecule is Cc1ccccc1C1=CCN(C(=O)NCCC(=O)O)C1. The number of nitrogens with one attached hydrogen (secondary N) is 1. The van der Waals surface area contributed by atoms with Crippen LogP contribution in [0.25, 0.3) is 5.57 Å². The molecule has 0 atom stereocenters. The average molecular weight is 274 g/mol. The summed E-state index contributed by atoms with van der Waals surface area (Å²) in [5, 5.41) is 11.2. The molecule has 0 radical (unpaired) electrons. The van der Waals surface area contributed by atoms with E-state index in [1.807, 2.05) is 37.3 Å². The van der Waals surface area contributed by atoms with Crippen molar-refractivity contribution in [2.24, 2.45) is 0 Å². The highest BCUT2D eigenvalue weighted by molar-refractivity contribution is 5.81. The molecular formula is C15H18N2O3. The molecule has 1 aromatic carbocycles. The van der Waals surface area contributed by atoms with Crippen molar-refractivity contribution >= 4 is 17.6 Å². The monoisotopic (exact) mass is 274 g/mol. The van der Waals surface area contributed by atoms with Gasteiger partial charge in [0.15, 0.2) is 0 Å². The van der Waals surface area contributed by atoms with Crippen molar-refractivity contribution in [2.45, 2.75) is 13.3 Å². The molecule has 1 aliphatic rings.